The number of hydrogen-bond acceptors (Lipinski definition) is 3. The molecular formula is C13H17NO2. The van der Waals surface area contributed by atoms with Crippen LogP contribution < -0.4 is 5.32 Å². The SMILES string of the molecule is CCCOC(=O)C1CNCc2ccccc21. The van der Waals surface area contributed by atoms with E-state index in [4.69, 9.17) is 4.74 Å². The zero-order chi connectivity index (χ0) is 11.4. The normalized spacial score (nSPS) is 18.9. The van der Waals surface area contributed by atoms with Gasteiger partial charge in [-0.05, 0) is 17.5 Å². The Morgan fingerprint density at radius 3 is 3.12 bits per heavy atom. The van der Waals surface area contributed by atoms with Gasteiger partial charge in [-0.1, -0.05) is 31.2 Å². The molecule has 2 rings (SSSR count). The first-order valence-corrected chi connectivity index (χ1v) is 5.78. The van der Waals surface area contributed by atoms with Crippen molar-refractivity contribution in [3.63, 3.8) is 0 Å². The maximum Gasteiger partial charge on any atom is 0.314 e. The Labute approximate surface area is 95.8 Å². The molecule has 1 aliphatic rings. The van der Waals surface area contributed by atoms with Crippen molar-refractivity contribution >= 4 is 5.97 Å². The molecule has 0 radical (unpaired) electrons. The second-order valence-corrected chi connectivity index (χ2v) is 4.05. The van der Waals surface area contributed by atoms with E-state index in [1.807, 2.05) is 25.1 Å². The molecule has 1 heterocycles. The van der Waals surface area contributed by atoms with E-state index in [1.165, 1.54) is 5.56 Å². The Balaban J connectivity index is 2.15. The van der Waals surface area contributed by atoms with Crippen LogP contribution in [-0.2, 0) is 16.1 Å². The average Bonchev–Trinajstić information content (AvgIpc) is 2.35. The number of benzene rings is 1. The largest absolute Gasteiger partial charge is 0.465 e. The van der Waals surface area contributed by atoms with Crippen LogP contribution in [0.3, 0.4) is 0 Å². The van der Waals surface area contributed by atoms with Gasteiger partial charge in [0.05, 0.1) is 12.5 Å². The third-order valence-corrected chi connectivity index (χ3v) is 2.83. The molecule has 0 bridgehead atoms. The molecule has 0 fully saturated rings. The first-order chi connectivity index (χ1) is 7.83. The minimum atomic E-state index is -0.142. The van der Waals surface area contributed by atoms with Crippen molar-refractivity contribution in [3.8, 4) is 0 Å². The van der Waals surface area contributed by atoms with Gasteiger partial charge < -0.3 is 10.1 Å². The van der Waals surface area contributed by atoms with Crippen molar-refractivity contribution in [2.45, 2.75) is 25.8 Å². The van der Waals surface area contributed by atoms with Crippen LogP contribution in [0, 0.1) is 0 Å². The first kappa shape index (κ1) is 11.1. The Kier molecular flexibility index (Phi) is 3.57. The lowest BCUT2D eigenvalue weighted by Crippen LogP contribution is -2.33. The zero-order valence-corrected chi connectivity index (χ0v) is 9.53. The second kappa shape index (κ2) is 5.12. The molecule has 3 nitrogen and oxygen atoms in total. The number of carbonyl (C=O) groups excluding carboxylic acids is 1. The molecular weight excluding hydrogens is 202 g/mol. The summed E-state index contributed by atoms with van der Waals surface area (Å²) >= 11 is 0. The highest BCUT2D eigenvalue weighted by Gasteiger charge is 2.26. The monoisotopic (exact) mass is 219 g/mol. The van der Waals surface area contributed by atoms with Crippen molar-refractivity contribution in [3.05, 3.63) is 35.4 Å². The quantitative estimate of drug-likeness (QED) is 0.788. The maximum atomic E-state index is 11.9. The molecule has 16 heavy (non-hydrogen) atoms. The van der Waals surface area contributed by atoms with Crippen LogP contribution in [0.25, 0.3) is 0 Å². The standard InChI is InChI=1S/C13H17NO2/c1-2-7-16-13(15)12-9-14-8-10-5-3-4-6-11(10)12/h3-6,12,14H,2,7-9H2,1H3. The molecule has 0 saturated heterocycles. The summed E-state index contributed by atoms with van der Waals surface area (Å²) in [5.74, 6) is -0.252. The summed E-state index contributed by atoms with van der Waals surface area (Å²) < 4.78 is 5.21. The van der Waals surface area contributed by atoms with Crippen LogP contribution in [-0.4, -0.2) is 19.1 Å². The molecule has 3 heteroatoms. The molecule has 0 spiro atoms. The topological polar surface area (TPSA) is 38.3 Å². The Hall–Kier alpha value is -1.35. The smallest absolute Gasteiger partial charge is 0.314 e. The highest BCUT2D eigenvalue weighted by molar-refractivity contribution is 5.79. The van der Waals surface area contributed by atoms with E-state index >= 15 is 0 Å². The predicted molar refractivity (Wildman–Crippen MR) is 62.1 cm³/mol. The number of rotatable bonds is 3. The van der Waals surface area contributed by atoms with Gasteiger partial charge in [0.2, 0.25) is 0 Å². The molecule has 0 amide bonds. The lowest BCUT2D eigenvalue weighted by atomic mass is 9.91. The molecule has 1 N–H and O–H groups in total. The van der Waals surface area contributed by atoms with E-state index < -0.39 is 0 Å². The van der Waals surface area contributed by atoms with E-state index in [2.05, 4.69) is 11.4 Å². The Morgan fingerprint density at radius 2 is 2.31 bits per heavy atom. The van der Waals surface area contributed by atoms with Crippen LogP contribution in [0.15, 0.2) is 24.3 Å². The molecule has 1 aromatic carbocycles. The van der Waals surface area contributed by atoms with Gasteiger partial charge in [-0.3, -0.25) is 4.79 Å². The molecule has 1 unspecified atom stereocenters. The number of esters is 1. The Morgan fingerprint density at radius 1 is 1.50 bits per heavy atom. The van der Waals surface area contributed by atoms with Crippen LogP contribution in [0.2, 0.25) is 0 Å². The summed E-state index contributed by atoms with van der Waals surface area (Å²) in [5.41, 5.74) is 2.31. The van der Waals surface area contributed by atoms with Crippen LogP contribution >= 0.6 is 0 Å². The van der Waals surface area contributed by atoms with Gasteiger partial charge in [0.1, 0.15) is 0 Å². The van der Waals surface area contributed by atoms with E-state index in [1.54, 1.807) is 0 Å². The number of ether oxygens (including phenoxy) is 1. The molecule has 1 aliphatic heterocycles. The summed E-state index contributed by atoms with van der Waals surface area (Å²) in [4.78, 5) is 11.9. The molecule has 0 aliphatic carbocycles. The molecule has 0 saturated carbocycles. The Bertz CT molecular complexity index is 376. The molecule has 1 atom stereocenters. The van der Waals surface area contributed by atoms with Gasteiger partial charge in [0.25, 0.3) is 0 Å². The summed E-state index contributed by atoms with van der Waals surface area (Å²) in [7, 11) is 0. The van der Waals surface area contributed by atoms with Crippen molar-refractivity contribution in [2.24, 2.45) is 0 Å². The van der Waals surface area contributed by atoms with Gasteiger partial charge in [-0.15, -0.1) is 0 Å². The van der Waals surface area contributed by atoms with E-state index in [9.17, 15) is 4.79 Å². The lowest BCUT2D eigenvalue weighted by molar-refractivity contribution is -0.145. The van der Waals surface area contributed by atoms with Crippen molar-refractivity contribution in [1.82, 2.24) is 5.32 Å². The fourth-order valence-electron chi connectivity index (χ4n) is 2.01. The van der Waals surface area contributed by atoms with Crippen molar-refractivity contribution in [2.75, 3.05) is 13.2 Å². The fourth-order valence-corrected chi connectivity index (χ4v) is 2.01. The van der Waals surface area contributed by atoms with Crippen molar-refractivity contribution < 1.29 is 9.53 Å². The zero-order valence-electron chi connectivity index (χ0n) is 9.53. The van der Waals surface area contributed by atoms with E-state index in [-0.39, 0.29) is 11.9 Å². The van der Waals surface area contributed by atoms with Crippen molar-refractivity contribution in [1.29, 1.82) is 0 Å². The highest BCUT2D eigenvalue weighted by Crippen LogP contribution is 2.24. The molecule has 0 aromatic heterocycles. The maximum absolute atomic E-state index is 11.9. The van der Waals surface area contributed by atoms with Gasteiger partial charge in [0.15, 0.2) is 0 Å². The van der Waals surface area contributed by atoms with Gasteiger partial charge in [-0.25, -0.2) is 0 Å². The third kappa shape index (κ3) is 2.25. The van der Waals surface area contributed by atoms with E-state index in [0.717, 1.165) is 18.5 Å². The fraction of sp³-hybridized carbons (Fsp3) is 0.462. The summed E-state index contributed by atoms with van der Waals surface area (Å²) in [6.45, 7) is 4.03. The second-order valence-electron chi connectivity index (χ2n) is 4.05. The molecule has 1 aromatic rings. The number of fused-ring (bicyclic) bond motifs is 1. The summed E-state index contributed by atoms with van der Waals surface area (Å²) in [6.07, 6.45) is 0.869. The summed E-state index contributed by atoms with van der Waals surface area (Å²) in [6, 6.07) is 8.06. The molecule has 86 valence electrons. The minimum absolute atomic E-state index is 0.110. The van der Waals surface area contributed by atoms with Crippen LogP contribution in [0.5, 0.6) is 0 Å². The third-order valence-electron chi connectivity index (χ3n) is 2.83. The predicted octanol–water partition coefficient (Wildman–Crippen LogP) is 1.83. The van der Waals surface area contributed by atoms with Gasteiger partial charge in [-0.2, -0.15) is 0 Å². The first-order valence-electron chi connectivity index (χ1n) is 5.78. The number of nitrogens with one attached hydrogen (secondary N) is 1. The summed E-state index contributed by atoms with van der Waals surface area (Å²) in [5, 5.41) is 3.25. The minimum Gasteiger partial charge on any atom is -0.465 e. The highest BCUT2D eigenvalue weighted by atomic mass is 16.5. The van der Waals surface area contributed by atoms with E-state index in [0.29, 0.717) is 13.2 Å². The van der Waals surface area contributed by atoms with Gasteiger partial charge >= 0.3 is 5.97 Å². The average molecular weight is 219 g/mol. The number of hydrogen-bond donors (Lipinski definition) is 1. The number of carbonyl (C=O) groups is 1. The van der Waals surface area contributed by atoms with Gasteiger partial charge in [0, 0.05) is 13.1 Å². The van der Waals surface area contributed by atoms with Crippen LogP contribution in [0.1, 0.15) is 30.4 Å². The van der Waals surface area contributed by atoms with Crippen LogP contribution in [0.4, 0.5) is 0 Å². The lowest BCUT2D eigenvalue weighted by Gasteiger charge is -2.24.